The van der Waals surface area contributed by atoms with Crippen molar-refractivity contribution in [3.63, 3.8) is 0 Å². The monoisotopic (exact) mass is 375 g/mol. The molecule has 0 atom stereocenters. The summed E-state index contributed by atoms with van der Waals surface area (Å²) in [4.78, 5) is 28.5. The Kier molecular flexibility index (Phi) is 4.90. The highest BCUT2D eigenvalue weighted by Crippen LogP contribution is 2.21. The first-order chi connectivity index (χ1) is 13.5. The van der Waals surface area contributed by atoms with Gasteiger partial charge in [0.1, 0.15) is 6.54 Å². The summed E-state index contributed by atoms with van der Waals surface area (Å²) >= 11 is 0. The van der Waals surface area contributed by atoms with E-state index in [0.717, 1.165) is 35.6 Å². The highest BCUT2D eigenvalue weighted by atomic mass is 16.2. The van der Waals surface area contributed by atoms with Gasteiger partial charge in [0.25, 0.3) is 0 Å². The molecule has 0 bridgehead atoms. The van der Waals surface area contributed by atoms with E-state index in [1.165, 1.54) is 5.39 Å². The van der Waals surface area contributed by atoms with Crippen LogP contribution in [-0.4, -0.2) is 47.3 Å². The van der Waals surface area contributed by atoms with Crippen LogP contribution in [0, 0.1) is 6.92 Å². The Balaban J connectivity index is 1.40. The molecule has 0 N–H and O–H groups in total. The smallest absolute Gasteiger partial charge is 0.242 e. The Hall–Kier alpha value is -3.08. The molecule has 1 amide bonds. The number of nitrogens with zero attached hydrogens (tertiary/aromatic N) is 3. The zero-order chi connectivity index (χ0) is 19.7. The number of hydrogen-bond acceptors (Lipinski definition) is 3. The lowest BCUT2D eigenvalue weighted by molar-refractivity contribution is -0.132. The van der Waals surface area contributed by atoms with Gasteiger partial charge >= 0.3 is 0 Å². The average molecular weight is 375 g/mol. The van der Waals surface area contributed by atoms with Crippen molar-refractivity contribution >= 4 is 28.3 Å². The first-order valence-electron chi connectivity index (χ1n) is 9.71. The van der Waals surface area contributed by atoms with E-state index in [2.05, 4.69) is 34.6 Å². The molecule has 1 aromatic heterocycles. The highest BCUT2D eigenvalue weighted by Gasteiger charge is 2.22. The summed E-state index contributed by atoms with van der Waals surface area (Å²) in [6.07, 6.45) is 0. The number of ketones is 1. The van der Waals surface area contributed by atoms with E-state index < -0.39 is 0 Å². The second-order valence-electron chi connectivity index (χ2n) is 7.40. The summed E-state index contributed by atoms with van der Waals surface area (Å²) in [7, 11) is 0. The van der Waals surface area contributed by atoms with Gasteiger partial charge in [-0.3, -0.25) is 9.59 Å². The number of hydrogen-bond donors (Lipinski definition) is 0. The SMILES string of the molecule is CC(=O)c1ccc(N2CCN(C(=O)Cn3c(C)cc4ccccc43)CC2)cc1. The lowest BCUT2D eigenvalue weighted by atomic mass is 10.1. The molecule has 0 unspecified atom stereocenters. The number of amides is 1. The van der Waals surface area contributed by atoms with Crippen molar-refractivity contribution < 1.29 is 9.59 Å². The van der Waals surface area contributed by atoms with Crippen LogP contribution in [0.2, 0.25) is 0 Å². The summed E-state index contributed by atoms with van der Waals surface area (Å²) in [5.41, 5.74) is 4.05. The van der Waals surface area contributed by atoms with Crippen molar-refractivity contribution in [2.24, 2.45) is 0 Å². The standard InChI is InChI=1S/C23H25N3O2/c1-17-15-20-5-3-4-6-22(20)26(17)16-23(28)25-13-11-24(12-14-25)21-9-7-19(8-10-21)18(2)27/h3-10,15H,11-14,16H2,1-2H3. The van der Waals surface area contributed by atoms with Crippen LogP contribution in [0.4, 0.5) is 5.69 Å². The number of Topliss-reactive ketones (excluding diaryl/α,β-unsaturated/α-hetero) is 1. The molecule has 2 aromatic carbocycles. The van der Waals surface area contributed by atoms with Crippen LogP contribution in [0.15, 0.2) is 54.6 Å². The second-order valence-corrected chi connectivity index (χ2v) is 7.40. The average Bonchev–Trinajstić information content (AvgIpc) is 3.03. The third-order valence-corrected chi connectivity index (χ3v) is 5.58. The van der Waals surface area contributed by atoms with Gasteiger partial charge in [0.15, 0.2) is 5.78 Å². The van der Waals surface area contributed by atoms with Crippen LogP contribution in [0.1, 0.15) is 23.0 Å². The summed E-state index contributed by atoms with van der Waals surface area (Å²) < 4.78 is 2.10. The number of anilines is 1. The maximum absolute atomic E-state index is 12.9. The molecule has 144 valence electrons. The molecule has 4 rings (SSSR count). The van der Waals surface area contributed by atoms with Crippen molar-refractivity contribution in [3.05, 3.63) is 65.9 Å². The van der Waals surface area contributed by atoms with Gasteiger partial charge in [-0.15, -0.1) is 0 Å². The number of benzene rings is 2. The second kappa shape index (κ2) is 7.50. The normalized spacial score (nSPS) is 14.5. The third kappa shape index (κ3) is 3.52. The molecule has 1 fully saturated rings. The quantitative estimate of drug-likeness (QED) is 0.656. The zero-order valence-corrected chi connectivity index (χ0v) is 16.4. The minimum atomic E-state index is 0.0785. The summed E-state index contributed by atoms with van der Waals surface area (Å²) in [6, 6.07) is 18.0. The van der Waals surface area contributed by atoms with Gasteiger partial charge in [0.2, 0.25) is 5.91 Å². The number of carbonyl (C=O) groups excluding carboxylic acids is 2. The first kappa shape index (κ1) is 18.3. The first-order valence-corrected chi connectivity index (χ1v) is 9.71. The van der Waals surface area contributed by atoms with Gasteiger partial charge < -0.3 is 14.4 Å². The molecule has 0 aliphatic carbocycles. The molecule has 28 heavy (non-hydrogen) atoms. The van der Waals surface area contributed by atoms with Gasteiger partial charge in [-0.1, -0.05) is 18.2 Å². The van der Waals surface area contributed by atoms with Gasteiger partial charge in [-0.05, 0) is 55.6 Å². The number of aromatic nitrogens is 1. The predicted molar refractivity (Wildman–Crippen MR) is 112 cm³/mol. The number of aryl methyl sites for hydroxylation is 1. The topological polar surface area (TPSA) is 45.6 Å². The molecule has 0 spiro atoms. The molecule has 0 saturated carbocycles. The fourth-order valence-corrected chi connectivity index (χ4v) is 3.91. The van der Waals surface area contributed by atoms with Crippen LogP contribution in [-0.2, 0) is 11.3 Å². The molecule has 1 saturated heterocycles. The molecule has 1 aliphatic rings. The van der Waals surface area contributed by atoms with Crippen molar-refractivity contribution in [1.82, 2.24) is 9.47 Å². The Bertz CT molecular complexity index is 1010. The van der Waals surface area contributed by atoms with E-state index in [4.69, 9.17) is 0 Å². The summed E-state index contributed by atoms with van der Waals surface area (Å²) in [6.45, 7) is 7.04. The third-order valence-electron chi connectivity index (χ3n) is 5.58. The Morgan fingerprint density at radius 2 is 1.61 bits per heavy atom. The maximum atomic E-state index is 12.9. The van der Waals surface area contributed by atoms with Gasteiger partial charge in [0.05, 0.1) is 0 Å². The van der Waals surface area contributed by atoms with E-state index in [-0.39, 0.29) is 11.7 Å². The fraction of sp³-hybridized carbons (Fsp3) is 0.304. The van der Waals surface area contributed by atoms with Gasteiger partial charge in [0, 0.05) is 48.6 Å². The Morgan fingerprint density at radius 1 is 0.929 bits per heavy atom. The predicted octanol–water partition coefficient (Wildman–Crippen LogP) is 3.50. The van der Waals surface area contributed by atoms with E-state index >= 15 is 0 Å². The number of carbonyl (C=O) groups is 2. The minimum absolute atomic E-state index is 0.0785. The number of para-hydroxylation sites is 1. The zero-order valence-electron chi connectivity index (χ0n) is 16.4. The van der Waals surface area contributed by atoms with Crippen LogP contribution >= 0.6 is 0 Å². The van der Waals surface area contributed by atoms with E-state index in [9.17, 15) is 9.59 Å². The summed E-state index contributed by atoms with van der Waals surface area (Å²) in [5, 5.41) is 1.17. The van der Waals surface area contributed by atoms with Crippen molar-refractivity contribution in [1.29, 1.82) is 0 Å². The van der Waals surface area contributed by atoms with Crippen LogP contribution < -0.4 is 4.90 Å². The van der Waals surface area contributed by atoms with Crippen LogP contribution in [0.5, 0.6) is 0 Å². The fourth-order valence-electron chi connectivity index (χ4n) is 3.91. The van der Waals surface area contributed by atoms with Gasteiger partial charge in [-0.2, -0.15) is 0 Å². The highest BCUT2D eigenvalue weighted by molar-refractivity contribution is 5.94. The van der Waals surface area contributed by atoms with Crippen molar-refractivity contribution in [2.75, 3.05) is 31.1 Å². The van der Waals surface area contributed by atoms with Crippen molar-refractivity contribution in [3.8, 4) is 0 Å². The molecule has 0 radical (unpaired) electrons. The van der Waals surface area contributed by atoms with E-state index in [1.807, 2.05) is 41.3 Å². The minimum Gasteiger partial charge on any atom is -0.368 e. The van der Waals surface area contributed by atoms with Crippen molar-refractivity contribution in [2.45, 2.75) is 20.4 Å². The number of fused-ring (bicyclic) bond motifs is 1. The van der Waals surface area contributed by atoms with Gasteiger partial charge in [-0.25, -0.2) is 0 Å². The van der Waals surface area contributed by atoms with Crippen LogP contribution in [0.25, 0.3) is 10.9 Å². The molecule has 3 aromatic rings. The van der Waals surface area contributed by atoms with E-state index in [1.54, 1.807) is 6.92 Å². The molecule has 2 heterocycles. The van der Waals surface area contributed by atoms with Crippen LogP contribution in [0.3, 0.4) is 0 Å². The lowest BCUT2D eigenvalue weighted by Gasteiger charge is -2.36. The molecule has 5 nitrogen and oxygen atoms in total. The summed E-state index contributed by atoms with van der Waals surface area (Å²) in [5.74, 6) is 0.242. The largest absolute Gasteiger partial charge is 0.368 e. The Labute approximate surface area is 165 Å². The molecule has 5 heteroatoms. The Morgan fingerprint density at radius 3 is 2.29 bits per heavy atom. The number of rotatable bonds is 4. The number of piperazine rings is 1. The maximum Gasteiger partial charge on any atom is 0.242 e. The van der Waals surface area contributed by atoms with E-state index in [0.29, 0.717) is 19.6 Å². The molecular weight excluding hydrogens is 350 g/mol. The lowest BCUT2D eigenvalue weighted by Crippen LogP contribution is -2.49. The molecule has 1 aliphatic heterocycles. The molecular formula is C23H25N3O2.